The molecule has 10 N–H and O–H groups in total. The van der Waals surface area contributed by atoms with Crippen LogP contribution in [0.2, 0.25) is 0 Å². The van der Waals surface area contributed by atoms with E-state index in [1.807, 2.05) is 0 Å². The van der Waals surface area contributed by atoms with E-state index in [0.717, 1.165) is 270 Å². The van der Waals surface area contributed by atoms with Crippen LogP contribution in [-0.4, -0.2) is 181 Å². The number of rotatable bonds is 91. The van der Waals surface area contributed by atoms with Crippen LogP contribution in [0, 0.1) is 0 Å². The fourth-order valence-electron chi connectivity index (χ4n) is 17.3. The minimum absolute atomic E-state index is 0.0569. The summed E-state index contributed by atoms with van der Waals surface area (Å²) in [7, 11) is -17.2. The van der Waals surface area contributed by atoms with Crippen molar-refractivity contribution in [2.45, 2.75) is 577 Å². The Morgan fingerprint density at radius 3 is 1.03 bits per heavy atom. The summed E-state index contributed by atoms with van der Waals surface area (Å²) >= 11 is 0. The van der Waals surface area contributed by atoms with Gasteiger partial charge in [0.25, 0.3) is 0 Å². The molecule has 778 valence electrons. The lowest BCUT2D eigenvalue weighted by Crippen LogP contribution is -2.68. The molecular weight excluding hydrogens is 1760 g/mol. The first-order valence-corrected chi connectivity index (χ1v) is 57.5. The number of hydrogen-bond donors (Lipinski definition) is 10. The summed E-state index contributed by atoms with van der Waals surface area (Å²) in [5.41, 5.74) is 0. The molecule has 2 rings (SSSR count). The minimum Gasteiger partial charge on any atom is -0.462 e. The Hall–Kier alpha value is -3.09. The number of unbranched alkanes of at least 4 members (excludes halogenated alkanes) is 52. The van der Waals surface area contributed by atoms with Gasteiger partial charge in [-0.15, -0.1) is 0 Å². The number of phosphoric ester groups is 3. The van der Waals surface area contributed by atoms with Gasteiger partial charge in [-0.1, -0.05) is 395 Å². The van der Waals surface area contributed by atoms with Crippen molar-refractivity contribution >= 4 is 59.2 Å². The zero-order chi connectivity index (χ0) is 97.2. The topological polar surface area (TPSA) is 441 Å². The fraction of sp³-hybridized carbons (Fsp3) is 0.939. The number of aliphatic hydroxyl groups is 4. The number of nitrogens with one attached hydrogen (secondary N) is 2. The quantitative estimate of drug-likeness (QED) is 0.0117. The Kier molecular flexibility index (Phi) is 76.3. The van der Waals surface area contributed by atoms with Crippen molar-refractivity contribution in [2.75, 3.05) is 19.8 Å². The summed E-state index contributed by atoms with van der Waals surface area (Å²) in [6.45, 7) is 11.9. The van der Waals surface area contributed by atoms with Gasteiger partial charge in [0.15, 0.2) is 24.8 Å². The third kappa shape index (κ3) is 65.8. The van der Waals surface area contributed by atoms with Gasteiger partial charge in [0.1, 0.15) is 48.7 Å². The maximum absolute atomic E-state index is 15.3. The Labute approximate surface area is 796 Å². The average molecular weight is 1950 g/mol. The summed E-state index contributed by atoms with van der Waals surface area (Å²) in [6.07, 6.45) is 34.2. The number of carbonyl (C=O) groups excluding carboxylic acids is 6. The van der Waals surface area contributed by atoms with Crippen molar-refractivity contribution in [1.29, 1.82) is 0 Å². The van der Waals surface area contributed by atoms with Crippen LogP contribution in [0.5, 0.6) is 0 Å². The van der Waals surface area contributed by atoms with E-state index in [9.17, 15) is 72.9 Å². The number of phosphoric acid groups is 3. The van der Waals surface area contributed by atoms with E-state index >= 15 is 9.59 Å². The monoisotopic (exact) mass is 1950 g/mol. The smallest absolute Gasteiger partial charge is 0.462 e. The minimum atomic E-state index is -6.01. The second-order valence-corrected chi connectivity index (χ2v) is 41.8. The van der Waals surface area contributed by atoms with Crippen molar-refractivity contribution in [2.24, 2.45) is 0 Å². The van der Waals surface area contributed by atoms with Gasteiger partial charge in [0, 0.05) is 12.8 Å². The second kappa shape index (κ2) is 80.6. The number of ether oxygens (including phenoxy) is 7. The Morgan fingerprint density at radius 2 is 0.659 bits per heavy atom. The van der Waals surface area contributed by atoms with Gasteiger partial charge in [-0.2, -0.15) is 4.31 Å². The first-order valence-electron chi connectivity index (χ1n) is 53.0. The molecule has 2 heterocycles. The zero-order valence-electron chi connectivity index (χ0n) is 83.1. The van der Waals surface area contributed by atoms with E-state index < -0.39 is 190 Å². The molecule has 0 radical (unpaired) electrons. The van der Waals surface area contributed by atoms with Crippen molar-refractivity contribution in [3.05, 3.63) is 0 Å². The highest BCUT2D eigenvalue weighted by Gasteiger charge is 2.56. The van der Waals surface area contributed by atoms with Gasteiger partial charge in [-0.25, -0.2) is 13.7 Å². The van der Waals surface area contributed by atoms with E-state index in [1.54, 1.807) is 6.92 Å². The van der Waals surface area contributed by atoms with Gasteiger partial charge >= 0.3 is 47.3 Å². The Bertz CT molecular complexity index is 3010. The lowest BCUT2D eigenvalue weighted by molar-refractivity contribution is -0.296. The molecule has 2 amide bonds. The molecule has 2 aliphatic rings. The van der Waals surface area contributed by atoms with Crippen LogP contribution in [0.4, 0.5) is 0 Å². The second-order valence-electron chi connectivity index (χ2n) is 37.6. The zero-order valence-corrected chi connectivity index (χ0v) is 85.8. The van der Waals surface area contributed by atoms with Crippen LogP contribution < -0.4 is 10.6 Å². The molecule has 0 spiro atoms. The molecule has 30 nitrogen and oxygen atoms in total. The van der Waals surface area contributed by atoms with Crippen LogP contribution in [0.3, 0.4) is 0 Å². The SMILES string of the molecule is CCCCCCCCCCCCCC(=O)O[C@@H](CCCCCCCCCCC)CC(=O)NC1C(OCC2OC(OP(=O)(O)OP(=O)(O)OCCC)C(NC(=O)C[C@@H](O)CCCCCCCCCCC)C(OC(=O)C[C@@H](O)CCCCCCCCCCC)C2O)OC(CO)C(OP(=O)(O)O)C1OC(=O)C[C@H](CCCCCCCCCCC)OC(=O)CCCCCCCCCCCCC. The predicted octanol–water partition coefficient (Wildman–Crippen LogP) is 22.9. The van der Waals surface area contributed by atoms with Crippen LogP contribution in [0.15, 0.2) is 0 Å². The molecule has 0 aromatic heterocycles. The standard InChI is InChI=1S/C99H189N2O28P3/c1-8-15-21-27-33-39-41-47-53-59-65-71-88(107)121-82(69-63-57-51-45-37-31-25-19-12-5)76-87(106)101-93-97(126-91(110)77-83(70-64-58-52-46-38-32-26-20-13-6)122-89(108)72-66-60-54-48-42-40-34-28-22-16-9-2)95(127-130(112,113)114)84(78-102)123-98(93)119-79-85-94(111)96(125-90(109)75-81(104)68-62-56-50-44-36-30-24-18-11-4)92(99(124-85)128-132(117,118)129-131(115,116)120-73-14-7)100-86(105)74-80(103)67-61-55-49-43-35-29-23-17-10-3/h80-85,92-99,102-104,111H,8-79H2,1-7H3,(H,100,105)(H,101,106)(H,115,116)(H,117,118)(H2,112,113,114)/t80-,81-,82-,83-,84?,85?,92?,93?,94?,95?,96?,97?,98?,99?/m0/s1. The Morgan fingerprint density at radius 1 is 0.341 bits per heavy atom. The molecule has 0 bridgehead atoms. The third-order valence-electron chi connectivity index (χ3n) is 25.0. The van der Waals surface area contributed by atoms with Crippen LogP contribution in [0.1, 0.15) is 492 Å². The van der Waals surface area contributed by atoms with Gasteiger partial charge in [0.05, 0.1) is 57.7 Å². The van der Waals surface area contributed by atoms with Crippen LogP contribution in [0.25, 0.3) is 0 Å². The fourth-order valence-corrected chi connectivity index (χ4v) is 20.1. The number of esters is 4. The van der Waals surface area contributed by atoms with Crippen molar-refractivity contribution in [3.63, 3.8) is 0 Å². The van der Waals surface area contributed by atoms with Gasteiger partial charge < -0.3 is 83.8 Å². The molecule has 33 heteroatoms. The molecule has 16 atom stereocenters. The number of carbonyl (C=O) groups is 6. The van der Waals surface area contributed by atoms with E-state index in [1.165, 1.54) is 64.2 Å². The molecule has 12 unspecified atom stereocenters. The molecule has 0 aromatic rings. The highest BCUT2D eigenvalue weighted by Crippen LogP contribution is 2.61. The molecule has 2 fully saturated rings. The van der Waals surface area contributed by atoms with E-state index in [4.69, 9.17) is 51.0 Å². The van der Waals surface area contributed by atoms with Crippen molar-refractivity contribution in [3.8, 4) is 0 Å². The van der Waals surface area contributed by atoms with E-state index in [0.29, 0.717) is 38.5 Å². The first-order chi connectivity index (χ1) is 63.6. The Balaban J connectivity index is 2.98. The molecule has 132 heavy (non-hydrogen) atoms. The van der Waals surface area contributed by atoms with Gasteiger partial charge in [-0.05, 0) is 57.8 Å². The van der Waals surface area contributed by atoms with Crippen molar-refractivity contribution < 1.29 is 134 Å². The summed E-state index contributed by atoms with van der Waals surface area (Å²) in [6, 6.07) is -4.08. The lowest BCUT2D eigenvalue weighted by atomic mass is 9.95. The molecule has 0 aromatic carbocycles. The number of amides is 2. The van der Waals surface area contributed by atoms with E-state index in [-0.39, 0.29) is 44.9 Å². The highest BCUT2D eigenvalue weighted by atomic mass is 31.3. The highest BCUT2D eigenvalue weighted by molar-refractivity contribution is 7.61. The summed E-state index contributed by atoms with van der Waals surface area (Å²) in [4.78, 5) is 131. The molecule has 2 saturated heterocycles. The summed E-state index contributed by atoms with van der Waals surface area (Å²) in [5.74, 6) is -5.29. The third-order valence-corrected chi connectivity index (χ3v) is 28.2. The summed E-state index contributed by atoms with van der Waals surface area (Å²) < 4.78 is 105. The van der Waals surface area contributed by atoms with Gasteiger partial charge in [0.2, 0.25) is 11.8 Å². The number of hydrogen-bond acceptors (Lipinski definition) is 24. The molecule has 0 saturated carbocycles. The molecule has 0 aliphatic carbocycles. The molecule has 2 aliphatic heterocycles. The maximum Gasteiger partial charge on any atom is 0.483 e. The summed E-state index contributed by atoms with van der Waals surface area (Å²) in [5, 5.41) is 52.1. The van der Waals surface area contributed by atoms with Crippen LogP contribution in [-0.2, 0) is 93.5 Å². The average Bonchev–Trinajstić information content (AvgIpc) is 0.779. The van der Waals surface area contributed by atoms with Gasteiger partial charge in [-0.3, -0.25) is 42.3 Å². The lowest BCUT2D eigenvalue weighted by Gasteiger charge is -2.47. The predicted molar refractivity (Wildman–Crippen MR) is 515 cm³/mol. The van der Waals surface area contributed by atoms with Crippen molar-refractivity contribution in [1.82, 2.24) is 10.6 Å². The largest absolute Gasteiger partial charge is 0.483 e. The maximum atomic E-state index is 15.3. The first kappa shape index (κ1) is 125. The molecular formula is C99H189N2O28P3. The number of aliphatic hydroxyl groups excluding tert-OH is 4. The van der Waals surface area contributed by atoms with Crippen LogP contribution >= 0.6 is 23.5 Å². The normalized spacial score (nSPS) is 20.7. The van der Waals surface area contributed by atoms with E-state index in [2.05, 4.69) is 52.2 Å².